The van der Waals surface area contributed by atoms with Crippen molar-refractivity contribution >= 4 is 23.6 Å². The highest BCUT2D eigenvalue weighted by atomic mass is 32.1. The second-order valence-electron chi connectivity index (χ2n) is 4.34. The van der Waals surface area contributed by atoms with Crippen molar-refractivity contribution in [2.45, 2.75) is 6.18 Å². The van der Waals surface area contributed by atoms with Crippen LogP contribution < -0.4 is 10.5 Å². The van der Waals surface area contributed by atoms with Gasteiger partial charge in [0.05, 0.1) is 5.69 Å². The standard InChI is InChI=1S/C13H10F3N3O2S/c14-13(15,16)7-19(12(21)22)9-3-1-8(2-4-9)10-5-6-11(20)18-17-10/h1-6H,7H2,(H,18,20)(H,21,22). The van der Waals surface area contributed by atoms with E-state index in [4.69, 9.17) is 0 Å². The van der Waals surface area contributed by atoms with Crippen LogP contribution in [0, 0.1) is 0 Å². The van der Waals surface area contributed by atoms with Gasteiger partial charge in [-0.1, -0.05) is 24.8 Å². The van der Waals surface area contributed by atoms with E-state index < -0.39 is 18.0 Å². The van der Waals surface area contributed by atoms with Gasteiger partial charge in [0, 0.05) is 17.3 Å². The van der Waals surface area contributed by atoms with Crippen LogP contribution in [0.5, 0.6) is 0 Å². The van der Waals surface area contributed by atoms with Crippen molar-refractivity contribution < 1.29 is 18.0 Å². The number of carbonyl (C=O) groups excluding carboxylic acids is 1. The van der Waals surface area contributed by atoms with Gasteiger partial charge in [-0.25, -0.2) is 5.10 Å². The summed E-state index contributed by atoms with van der Waals surface area (Å²) in [6.07, 6.45) is -4.53. The fraction of sp³-hybridized carbons (Fsp3) is 0.154. The SMILES string of the molecule is O=C(S)N(CC(F)(F)F)c1ccc(-c2ccc(=O)[nH]n2)cc1. The molecule has 22 heavy (non-hydrogen) atoms. The van der Waals surface area contributed by atoms with Crippen LogP contribution in [-0.2, 0) is 0 Å². The van der Waals surface area contributed by atoms with Crippen molar-refractivity contribution in [2.24, 2.45) is 0 Å². The molecule has 0 aliphatic rings. The number of aromatic nitrogens is 2. The molecule has 2 aromatic rings. The Morgan fingerprint density at radius 3 is 2.27 bits per heavy atom. The van der Waals surface area contributed by atoms with Gasteiger partial charge in [0.15, 0.2) is 0 Å². The number of thiol groups is 1. The Hall–Kier alpha value is -2.29. The van der Waals surface area contributed by atoms with E-state index in [9.17, 15) is 22.8 Å². The third-order valence-corrected chi connectivity index (χ3v) is 2.96. The van der Waals surface area contributed by atoms with Gasteiger partial charge in [0.2, 0.25) is 0 Å². The zero-order valence-corrected chi connectivity index (χ0v) is 11.9. The van der Waals surface area contributed by atoms with E-state index in [1.54, 1.807) is 0 Å². The van der Waals surface area contributed by atoms with Gasteiger partial charge < -0.3 is 0 Å². The molecule has 0 unspecified atom stereocenters. The third-order valence-electron chi connectivity index (χ3n) is 2.72. The maximum atomic E-state index is 12.5. The molecule has 0 spiro atoms. The van der Waals surface area contributed by atoms with E-state index in [2.05, 4.69) is 22.8 Å². The van der Waals surface area contributed by atoms with E-state index in [-0.39, 0.29) is 11.2 Å². The zero-order chi connectivity index (χ0) is 16.3. The largest absolute Gasteiger partial charge is 0.406 e. The molecule has 1 amide bonds. The minimum absolute atomic E-state index is 0.0606. The first-order valence-corrected chi connectivity index (χ1v) is 6.44. The summed E-state index contributed by atoms with van der Waals surface area (Å²) in [5, 5.41) is 5.05. The van der Waals surface area contributed by atoms with Crippen LogP contribution in [0.3, 0.4) is 0 Å². The predicted molar refractivity (Wildman–Crippen MR) is 78.1 cm³/mol. The van der Waals surface area contributed by atoms with E-state index in [1.165, 1.54) is 36.4 Å². The number of hydrogen-bond donors (Lipinski definition) is 2. The molecule has 1 aromatic carbocycles. The lowest BCUT2D eigenvalue weighted by atomic mass is 10.1. The van der Waals surface area contributed by atoms with Crippen LogP contribution in [0.2, 0.25) is 0 Å². The quantitative estimate of drug-likeness (QED) is 0.851. The van der Waals surface area contributed by atoms with E-state index in [0.29, 0.717) is 16.2 Å². The van der Waals surface area contributed by atoms with E-state index in [0.717, 1.165) is 0 Å². The number of rotatable bonds is 3. The van der Waals surface area contributed by atoms with Crippen molar-refractivity contribution in [3.05, 3.63) is 46.8 Å². The lowest BCUT2D eigenvalue weighted by molar-refractivity contribution is -0.118. The summed E-state index contributed by atoms with van der Waals surface area (Å²) in [5.74, 6) is 0. The minimum atomic E-state index is -4.53. The molecule has 1 aromatic heterocycles. The van der Waals surface area contributed by atoms with Gasteiger partial charge in [-0.2, -0.15) is 18.3 Å². The van der Waals surface area contributed by atoms with Crippen LogP contribution in [-0.4, -0.2) is 28.2 Å². The molecule has 5 nitrogen and oxygen atoms in total. The van der Waals surface area contributed by atoms with Gasteiger partial charge in [-0.3, -0.25) is 14.5 Å². The number of aromatic amines is 1. The van der Waals surface area contributed by atoms with Crippen LogP contribution in [0.25, 0.3) is 11.3 Å². The number of carbonyl (C=O) groups is 1. The van der Waals surface area contributed by atoms with Crippen molar-refractivity contribution in [3.63, 3.8) is 0 Å². The van der Waals surface area contributed by atoms with Gasteiger partial charge in [0.1, 0.15) is 6.54 Å². The number of nitrogens with one attached hydrogen (secondary N) is 1. The predicted octanol–water partition coefficient (Wildman–Crippen LogP) is 2.86. The number of hydrogen-bond acceptors (Lipinski definition) is 3. The molecular weight excluding hydrogens is 319 g/mol. The van der Waals surface area contributed by atoms with Crippen LogP contribution in [0.1, 0.15) is 0 Å². The highest BCUT2D eigenvalue weighted by molar-refractivity contribution is 7.96. The second kappa shape index (κ2) is 6.22. The summed E-state index contributed by atoms with van der Waals surface area (Å²) in [4.78, 5) is 22.7. The molecule has 0 saturated carbocycles. The summed E-state index contributed by atoms with van der Waals surface area (Å²) in [7, 11) is 0. The van der Waals surface area contributed by atoms with Crippen LogP contribution in [0.4, 0.5) is 23.7 Å². The fourth-order valence-corrected chi connectivity index (χ4v) is 1.95. The summed E-state index contributed by atoms with van der Waals surface area (Å²) in [6.45, 7) is -1.43. The van der Waals surface area contributed by atoms with Gasteiger partial charge in [-0.05, 0) is 18.2 Å². The molecule has 0 bridgehead atoms. The average molecular weight is 329 g/mol. The van der Waals surface area contributed by atoms with E-state index >= 15 is 0 Å². The maximum absolute atomic E-state index is 12.5. The Balaban J connectivity index is 2.28. The topological polar surface area (TPSA) is 66.1 Å². The number of benzene rings is 1. The molecule has 0 radical (unpaired) electrons. The summed E-state index contributed by atoms with van der Waals surface area (Å²) < 4.78 is 37.4. The fourth-order valence-electron chi connectivity index (χ4n) is 1.77. The number of anilines is 1. The highest BCUT2D eigenvalue weighted by Gasteiger charge is 2.33. The molecule has 0 atom stereocenters. The Labute approximate surface area is 128 Å². The number of H-pyrrole nitrogens is 1. The molecule has 0 saturated heterocycles. The smallest absolute Gasteiger partial charge is 0.294 e. The normalized spacial score (nSPS) is 11.3. The number of halogens is 3. The Morgan fingerprint density at radius 2 is 1.82 bits per heavy atom. The molecule has 0 aliphatic carbocycles. The first kappa shape index (κ1) is 16.1. The number of nitrogens with zero attached hydrogens (tertiary/aromatic N) is 2. The van der Waals surface area contributed by atoms with Crippen LogP contribution >= 0.6 is 12.6 Å². The van der Waals surface area contributed by atoms with Gasteiger partial charge in [0.25, 0.3) is 10.8 Å². The zero-order valence-electron chi connectivity index (χ0n) is 11.0. The minimum Gasteiger partial charge on any atom is -0.294 e. The molecule has 1 heterocycles. The lowest BCUT2D eigenvalue weighted by Crippen LogP contribution is -2.36. The molecule has 2 rings (SSSR count). The van der Waals surface area contributed by atoms with Crippen molar-refractivity contribution in [3.8, 4) is 11.3 Å². The molecule has 9 heteroatoms. The Morgan fingerprint density at radius 1 is 1.18 bits per heavy atom. The first-order valence-electron chi connectivity index (χ1n) is 6.00. The van der Waals surface area contributed by atoms with Crippen molar-refractivity contribution in [2.75, 3.05) is 11.4 Å². The molecule has 0 aliphatic heterocycles. The maximum Gasteiger partial charge on any atom is 0.406 e. The monoisotopic (exact) mass is 329 g/mol. The summed E-state index contributed by atoms with van der Waals surface area (Å²) >= 11 is 3.46. The summed E-state index contributed by atoms with van der Waals surface area (Å²) in [5.41, 5.74) is 0.729. The van der Waals surface area contributed by atoms with E-state index in [1.807, 2.05) is 0 Å². The first-order chi connectivity index (χ1) is 10.3. The molecular formula is C13H10F3N3O2S. The van der Waals surface area contributed by atoms with Crippen molar-refractivity contribution in [1.82, 2.24) is 10.2 Å². The van der Waals surface area contributed by atoms with Gasteiger partial charge >= 0.3 is 6.18 Å². The van der Waals surface area contributed by atoms with Crippen molar-refractivity contribution in [1.29, 1.82) is 0 Å². The Kier molecular flexibility index (Phi) is 4.55. The van der Waals surface area contributed by atoms with Crippen LogP contribution in [0.15, 0.2) is 41.2 Å². The lowest BCUT2D eigenvalue weighted by Gasteiger charge is -2.22. The number of alkyl halides is 3. The number of amides is 1. The average Bonchev–Trinajstić information content (AvgIpc) is 2.45. The van der Waals surface area contributed by atoms with Gasteiger partial charge in [-0.15, -0.1) is 0 Å². The molecule has 116 valence electrons. The molecule has 0 fully saturated rings. The summed E-state index contributed by atoms with van der Waals surface area (Å²) in [6, 6.07) is 8.45. The molecule has 1 N–H and O–H groups in total. The Bertz CT molecular complexity index is 708. The third kappa shape index (κ3) is 4.10. The second-order valence-corrected chi connectivity index (χ2v) is 4.72. The highest BCUT2D eigenvalue weighted by Crippen LogP contribution is 2.25.